The van der Waals surface area contributed by atoms with E-state index >= 15 is 0 Å². The molecule has 0 saturated heterocycles. The van der Waals surface area contributed by atoms with Gasteiger partial charge in [0.15, 0.2) is 5.16 Å². The molecule has 0 unspecified atom stereocenters. The van der Waals surface area contributed by atoms with Crippen LogP contribution in [0, 0.1) is 0 Å². The number of nitrogens with one attached hydrogen (secondary N) is 1. The summed E-state index contributed by atoms with van der Waals surface area (Å²) in [6, 6.07) is 17.6. The summed E-state index contributed by atoms with van der Waals surface area (Å²) in [5.41, 5.74) is 4.33. The van der Waals surface area contributed by atoms with E-state index in [9.17, 15) is 9.59 Å². The molecule has 1 N–H and O–H groups in total. The maximum atomic E-state index is 13.6. The van der Waals surface area contributed by atoms with Crippen molar-refractivity contribution in [2.75, 3.05) is 11.1 Å². The minimum atomic E-state index is -0.251. The first-order chi connectivity index (χ1) is 15.0. The highest BCUT2D eigenvalue weighted by Gasteiger charge is 2.38. The maximum absolute atomic E-state index is 13.6. The Bertz CT molecular complexity index is 1170. The van der Waals surface area contributed by atoms with E-state index in [2.05, 4.69) is 25.2 Å². The van der Waals surface area contributed by atoms with Gasteiger partial charge in [-0.15, -0.1) is 0 Å². The molecular weight excluding hydrogens is 406 g/mol. The summed E-state index contributed by atoms with van der Waals surface area (Å²) in [7, 11) is 0. The van der Waals surface area contributed by atoms with Gasteiger partial charge in [-0.2, -0.15) is 0 Å². The Morgan fingerprint density at radius 2 is 1.84 bits per heavy atom. The average Bonchev–Trinajstić information content (AvgIpc) is 2.78. The first kappa shape index (κ1) is 21.4. The number of para-hydroxylation sites is 1. The molecule has 1 heterocycles. The second kappa shape index (κ2) is 8.71. The number of benzene rings is 2. The number of carbonyl (C=O) groups is 1. The van der Waals surface area contributed by atoms with Crippen LogP contribution < -0.4 is 10.9 Å². The van der Waals surface area contributed by atoms with Crippen molar-refractivity contribution in [2.24, 2.45) is 0 Å². The van der Waals surface area contributed by atoms with Crippen molar-refractivity contribution in [2.45, 2.75) is 50.7 Å². The lowest BCUT2D eigenvalue weighted by Crippen LogP contribution is -2.39. The van der Waals surface area contributed by atoms with Crippen molar-refractivity contribution in [1.82, 2.24) is 9.55 Å². The molecule has 1 atom stereocenters. The fraction of sp³-hybridized carbons (Fsp3) is 0.320. The van der Waals surface area contributed by atoms with Crippen LogP contribution >= 0.6 is 11.8 Å². The van der Waals surface area contributed by atoms with E-state index in [1.54, 1.807) is 4.57 Å². The Hall–Kier alpha value is -2.86. The van der Waals surface area contributed by atoms with E-state index in [1.165, 1.54) is 17.3 Å². The van der Waals surface area contributed by atoms with Crippen LogP contribution in [0.25, 0.3) is 11.3 Å². The van der Waals surface area contributed by atoms with E-state index in [0.29, 0.717) is 11.7 Å². The molecule has 1 aliphatic carbocycles. The molecule has 31 heavy (non-hydrogen) atoms. The Morgan fingerprint density at radius 3 is 2.55 bits per heavy atom. The lowest BCUT2D eigenvalue weighted by Gasteiger charge is -2.35. The molecule has 4 rings (SSSR count). The van der Waals surface area contributed by atoms with Crippen molar-refractivity contribution in [3.05, 3.63) is 76.1 Å². The molecule has 1 aliphatic rings. The minimum Gasteiger partial charge on any atom is -0.325 e. The van der Waals surface area contributed by atoms with Crippen LogP contribution in [0.5, 0.6) is 0 Å². The van der Waals surface area contributed by atoms with E-state index < -0.39 is 0 Å². The Kier molecular flexibility index (Phi) is 6.01. The number of amides is 1. The largest absolute Gasteiger partial charge is 0.325 e. The van der Waals surface area contributed by atoms with Crippen LogP contribution in [0.4, 0.5) is 5.69 Å². The van der Waals surface area contributed by atoms with Gasteiger partial charge in [0.2, 0.25) is 5.91 Å². The molecular formula is C25H27N3O2S. The molecule has 0 fully saturated rings. The molecule has 0 saturated carbocycles. The molecule has 160 valence electrons. The number of hydrogen-bond donors (Lipinski definition) is 1. The van der Waals surface area contributed by atoms with Gasteiger partial charge in [-0.3, -0.25) is 14.2 Å². The van der Waals surface area contributed by atoms with Gasteiger partial charge in [-0.05, 0) is 37.5 Å². The molecule has 0 radical (unpaired) electrons. The zero-order valence-corrected chi connectivity index (χ0v) is 19.0. The SMILES string of the molecule is CCn1c(SCC(=O)Nc2ccccc2)nc2c(c1=O)[C@](C)(CC)Cc1ccccc1-2. The van der Waals surface area contributed by atoms with Crippen molar-refractivity contribution in [3.8, 4) is 11.3 Å². The maximum Gasteiger partial charge on any atom is 0.258 e. The van der Waals surface area contributed by atoms with Gasteiger partial charge in [0.05, 0.1) is 17.0 Å². The van der Waals surface area contributed by atoms with Crippen LogP contribution in [0.3, 0.4) is 0 Å². The molecule has 0 aliphatic heterocycles. The van der Waals surface area contributed by atoms with Gasteiger partial charge in [0, 0.05) is 23.2 Å². The fourth-order valence-electron chi connectivity index (χ4n) is 4.23. The molecule has 1 amide bonds. The zero-order chi connectivity index (χ0) is 22.0. The highest BCUT2D eigenvalue weighted by molar-refractivity contribution is 7.99. The second-order valence-electron chi connectivity index (χ2n) is 8.12. The summed E-state index contributed by atoms with van der Waals surface area (Å²) in [5.74, 6) is 0.0666. The second-order valence-corrected chi connectivity index (χ2v) is 9.06. The third-order valence-electron chi connectivity index (χ3n) is 6.08. The predicted octanol–water partition coefficient (Wildman–Crippen LogP) is 4.88. The molecule has 2 aromatic carbocycles. The van der Waals surface area contributed by atoms with Gasteiger partial charge in [0.25, 0.3) is 5.56 Å². The van der Waals surface area contributed by atoms with Crippen LogP contribution in [0.2, 0.25) is 0 Å². The Labute approximate surface area is 186 Å². The number of thioether (sulfide) groups is 1. The molecule has 0 bridgehead atoms. The predicted molar refractivity (Wildman–Crippen MR) is 127 cm³/mol. The van der Waals surface area contributed by atoms with Gasteiger partial charge in [-0.25, -0.2) is 4.98 Å². The number of nitrogens with zero attached hydrogens (tertiary/aromatic N) is 2. The molecule has 3 aromatic rings. The van der Waals surface area contributed by atoms with Crippen molar-refractivity contribution in [1.29, 1.82) is 0 Å². The van der Waals surface area contributed by atoms with Gasteiger partial charge < -0.3 is 5.32 Å². The number of aromatic nitrogens is 2. The Morgan fingerprint density at radius 1 is 1.13 bits per heavy atom. The zero-order valence-electron chi connectivity index (χ0n) is 18.1. The minimum absolute atomic E-state index is 0.0114. The summed E-state index contributed by atoms with van der Waals surface area (Å²) in [5, 5.41) is 3.48. The van der Waals surface area contributed by atoms with Crippen LogP contribution in [0.15, 0.2) is 64.5 Å². The summed E-state index contributed by atoms with van der Waals surface area (Å²) in [6.07, 6.45) is 1.69. The Balaban J connectivity index is 1.71. The van der Waals surface area contributed by atoms with Gasteiger partial charge in [-0.1, -0.05) is 68.1 Å². The van der Waals surface area contributed by atoms with Crippen molar-refractivity contribution < 1.29 is 4.79 Å². The van der Waals surface area contributed by atoms with E-state index in [4.69, 9.17) is 4.98 Å². The number of hydrogen-bond acceptors (Lipinski definition) is 4. The lowest BCUT2D eigenvalue weighted by atomic mass is 9.69. The topological polar surface area (TPSA) is 64.0 Å². The number of fused-ring (bicyclic) bond motifs is 3. The molecule has 6 heteroatoms. The van der Waals surface area contributed by atoms with Gasteiger partial charge >= 0.3 is 0 Å². The van der Waals surface area contributed by atoms with Crippen LogP contribution in [-0.4, -0.2) is 21.2 Å². The number of anilines is 1. The lowest BCUT2D eigenvalue weighted by molar-refractivity contribution is -0.113. The first-order valence-electron chi connectivity index (χ1n) is 10.7. The van der Waals surface area contributed by atoms with E-state index in [1.807, 2.05) is 55.5 Å². The van der Waals surface area contributed by atoms with Crippen LogP contribution in [0.1, 0.15) is 38.3 Å². The fourth-order valence-corrected chi connectivity index (χ4v) is 5.08. The molecule has 0 spiro atoms. The van der Waals surface area contributed by atoms with E-state index in [0.717, 1.165) is 35.3 Å². The summed E-state index contributed by atoms with van der Waals surface area (Å²) in [6.45, 7) is 6.75. The highest BCUT2D eigenvalue weighted by atomic mass is 32.2. The molecule has 1 aromatic heterocycles. The smallest absolute Gasteiger partial charge is 0.258 e. The first-order valence-corrected chi connectivity index (χ1v) is 11.7. The number of rotatable bonds is 6. The summed E-state index contributed by atoms with van der Waals surface area (Å²) < 4.78 is 1.71. The molecule has 5 nitrogen and oxygen atoms in total. The summed E-state index contributed by atoms with van der Waals surface area (Å²) in [4.78, 5) is 31.0. The standard InChI is InChI=1S/C25H27N3O2S/c1-4-25(3)15-17-11-9-10-14-19(17)22-21(25)23(30)28(5-2)24(27-22)31-16-20(29)26-18-12-7-6-8-13-18/h6-14H,4-5,15-16H2,1-3H3,(H,26,29)/t25-/m1/s1. The average molecular weight is 434 g/mol. The summed E-state index contributed by atoms with van der Waals surface area (Å²) >= 11 is 1.31. The van der Waals surface area contributed by atoms with E-state index in [-0.39, 0.29) is 22.6 Å². The quantitative estimate of drug-likeness (QED) is 0.444. The van der Waals surface area contributed by atoms with Crippen LogP contribution in [-0.2, 0) is 23.2 Å². The third kappa shape index (κ3) is 4.04. The van der Waals surface area contributed by atoms with Crippen molar-refractivity contribution in [3.63, 3.8) is 0 Å². The monoisotopic (exact) mass is 433 g/mol. The third-order valence-corrected chi connectivity index (χ3v) is 7.05. The normalized spacial score (nSPS) is 17.0. The highest BCUT2D eigenvalue weighted by Crippen LogP contribution is 2.42. The van der Waals surface area contributed by atoms with Crippen molar-refractivity contribution >= 4 is 23.4 Å². The van der Waals surface area contributed by atoms with Gasteiger partial charge in [0.1, 0.15) is 0 Å². The number of carbonyl (C=O) groups excluding carboxylic acids is 1.